The first kappa shape index (κ1) is 22.4. The van der Waals surface area contributed by atoms with Gasteiger partial charge in [0.15, 0.2) is 0 Å². The van der Waals surface area contributed by atoms with Crippen molar-refractivity contribution in [3.63, 3.8) is 0 Å². The smallest absolute Gasteiger partial charge is 0.234 e. The highest BCUT2D eigenvalue weighted by atomic mass is 16.2. The van der Waals surface area contributed by atoms with Gasteiger partial charge in [-0.15, -0.1) is 0 Å². The molecule has 9 heteroatoms. The second kappa shape index (κ2) is 10.7. The van der Waals surface area contributed by atoms with Crippen LogP contribution in [0.15, 0.2) is 55.0 Å². The molecule has 9 nitrogen and oxygen atoms in total. The highest BCUT2D eigenvalue weighted by Gasteiger charge is 2.19. The van der Waals surface area contributed by atoms with Gasteiger partial charge in [0.2, 0.25) is 5.91 Å². The average Bonchev–Trinajstić information content (AvgIpc) is 2.85. The van der Waals surface area contributed by atoms with Crippen LogP contribution in [0.4, 0.5) is 11.5 Å². The minimum Gasteiger partial charge on any atom is -0.354 e. The summed E-state index contributed by atoms with van der Waals surface area (Å²) in [6, 6.07) is 12.4. The number of rotatable bonds is 0. The van der Waals surface area contributed by atoms with Gasteiger partial charge < -0.3 is 16.0 Å². The molecule has 8 bridgehead atoms. The lowest BCUT2D eigenvalue weighted by atomic mass is 10.1. The molecule has 1 fully saturated rings. The van der Waals surface area contributed by atoms with Crippen LogP contribution >= 0.6 is 0 Å². The van der Waals surface area contributed by atoms with Gasteiger partial charge in [-0.2, -0.15) is 0 Å². The summed E-state index contributed by atoms with van der Waals surface area (Å²) >= 11 is 0. The van der Waals surface area contributed by atoms with Gasteiger partial charge in [0, 0.05) is 75.7 Å². The van der Waals surface area contributed by atoms with Crippen molar-refractivity contribution in [1.82, 2.24) is 35.4 Å². The zero-order valence-corrected chi connectivity index (χ0v) is 19.2. The molecule has 0 spiro atoms. The van der Waals surface area contributed by atoms with Crippen LogP contribution in [0.1, 0.15) is 11.4 Å². The summed E-state index contributed by atoms with van der Waals surface area (Å²) < 4.78 is 0. The van der Waals surface area contributed by atoms with Crippen LogP contribution in [0, 0.1) is 0 Å². The number of hydrogen-bond acceptors (Lipinski definition) is 8. The fourth-order valence-electron chi connectivity index (χ4n) is 4.28. The van der Waals surface area contributed by atoms with Crippen molar-refractivity contribution in [1.29, 1.82) is 0 Å². The fraction of sp³-hybridized carbons (Fsp3) is 0.360. The topological polar surface area (TPSA) is 98.3 Å². The molecule has 5 aliphatic heterocycles. The maximum Gasteiger partial charge on any atom is 0.234 e. The van der Waals surface area contributed by atoms with Gasteiger partial charge in [-0.3, -0.25) is 14.6 Å². The van der Waals surface area contributed by atoms with Gasteiger partial charge in [-0.1, -0.05) is 12.1 Å². The Kier molecular flexibility index (Phi) is 7.04. The van der Waals surface area contributed by atoms with E-state index in [4.69, 9.17) is 0 Å². The van der Waals surface area contributed by atoms with Crippen LogP contribution < -0.4 is 16.0 Å². The molecular weight excluding hydrogens is 428 g/mol. The van der Waals surface area contributed by atoms with Crippen molar-refractivity contribution < 1.29 is 4.79 Å². The van der Waals surface area contributed by atoms with E-state index in [2.05, 4.69) is 65.0 Å². The van der Waals surface area contributed by atoms with Crippen LogP contribution in [0.25, 0.3) is 11.1 Å². The van der Waals surface area contributed by atoms with E-state index in [1.807, 2.05) is 24.5 Å². The molecule has 3 aromatic rings. The zero-order valence-electron chi connectivity index (χ0n) is 19.2. The predicted molar refractivity (Wildman–Crippen MR) is 131 cm³/mol. The number of benzene rings is 1. The third-order valence-corrected chi connectivity index (χ3v) is 6.14. The van der Waals surface area contributed by atoms with E-state index in [9.17, 15) is 4.79 Å². The summed E-state index contributed by atoms with van der Waals surface area (Å²) in [4.78, 5) is 30.4. The number of anilines is 2. The van der Waals surface area contributed by atoms with Crippen LogP contribution in [0.2, 0.25) is 0 Å². The molecule has 2 aromatic heterocycles. The highest BCUT2D eigenvalue weighted by molar-refractivity contribution is 5.78. The number of pyridine rings is 1. The number of carbonyl (C=O) groups excluding carboxylic acids is 1. The lowest BCUT2D eigenvalue weighted by Crippen LogP contribution is -2.49. The molecule has 0 aliphatic carbocycles. The number of nitrogens with zero attached hydrogens (tertiary/aromatic N) is 5. The quantitative estimate of drug-likeness (QED) is 0.468. The number of nitrogens with one attached hydrogen (secondary N) is 3. The normalized spacial score (nSPS) is 21.5. The molecule has 0 atom stereocenters. The molecule has 176 valence electrons. The van der Waals surface area contributed by atoms with Gasteiger partial charge in [0.1, 0.15) is 11.6 Å². The number of piperazine rings is 1. The SMILES string of the molecule is O=C1CN2CCN(CC2)Cc2cccc(c2)Nc2cc(ccn2)-c2cnc(nc2)CNCCN1. The van der Waals surface area contributed by atoms with Gasteiger partial charge in [-0.25, -0.2) is 15.0 Å². The molecule has 1 aromatic carbocycles. The number of carbonyl (C=O) groups is 1. The number of amides is 1. The summed E-state index contributed by atoms with van der Waals surface area (Å²) in [5.74, 6) is 1.57. The van der Waals surface area contributed by atoms with E-state index in [1.165, 1.54) is 5.56 Å². The molecule has 0 radical (unpaired) electrons. The maximum atomic E-state index is 12.3. The Morgan fingerprint density at radius 2 is 1.62 bits per heavy atom. The van der Waals surface area contributed by atoms with Gasteiger partial charge in [0.05, 0.1) is 13.1 Å². The first-order chi connectivity index (χ1) is 16.7. The van der Waals surface area contributed by atoms with E-state index >= 15 is 0 Å². The van der Waals surface area contributed by atoms with Crippen molar-refractivity contribution in [3.8, 4) is 11.1 Å². The summed E-state index contributed by atoms with van der Waals surface area (Å²) in [7, 11) is 0. The second-order valence-electron chi connectivity index (χ2n) is 8.72. The van der Waals surface area contributed by atoms with Crippen LogP contribution in [-0.4, -0.2) is 76.5 Å². The van der Waals surface area contributed by atoms with Crippen LogP contribution in [0.5, 0.6) is 0 Å². The van der Waals surface area contributed by atoms with E-state index in [-0.39, 0.29) is 5.91 Å². The Hall–Kier alpha value is -3.40. The van der Waals surface area contributed by atoms with Gasteiger partial charge >= 0.3 is 0 Å². The van der Waals surface area contributed by atoms with Crippen molar-refractivity contribution in [2.24, 2.45) is 0 Å². The Morgan fingerprint density at radius 1 is 0.824 bits per heavy atom. The van der Waals surface area contributed by atoms with Crippen molar-refractivity contribution in [2.75, 3.05) is 51.1 Å². The zero-order chi connectivity index (χ0) is 23.2. The first-order valence-electron chi connectivity index (χ1n) is 11.8. The Balaban J connectivity index is 1.35. The lowest BCUT2D eigenvalue weighted by Gasteiger charge is -2.34. The number of aromatic nitrogens is 3. The monoisotopic (exact) mass is 458 g/mol. The molecule has 8 rings (SSSR count). The maximum absolute atomic E-state index is 12.3. The van der Waals surface area contributed by atoms with E-state index in [0.717, 1.165) is 61.2 Å². The van der Waals surface area contributed by atoms with E-state index in [0.29, 0.717) is 26.2 Å². The highest BCUT2D eigenvalue weighted by Crippen LogP contribution is 2.23. The molecule has 7 heterocycles. The molecule has 0 saturated carbocycles. The van der Waals surface area contributed by atoms with Gasteiger partial charge in [-0.05, 0) is 35.4 Å². The Bertz CT molecular complexity index is 1110. The third kappa shape index (κ3) is 5.93. The molecule has 1 saturated heterocycles. The van der Waals surface area contributed by atoms with Crippen molar-refractivity contribution in [3.05, 3.63) is 66.4 Å². The van der Waals surface area contributed by atoms with Crippen LogP contribution in [-0.2, 0) is 17.9 Å². The average molecular weight is 459 g/mol. The van der Waals surface area contributed by atoms with Crippen LogP contribution in [0.3, 0.4) is 0 Å². The Morgan fingerprint density at radius 3 is 2.44 bits per heavy atom. The summed E-state index contributed by atoms with van der Waals surface area (Å²) in [5, 5.41) is 9.72. The minimum atomic E-state index is 0.0726. The van der Waals surface area contributed by atoms with Crippen molar-refractivity contribution >= 4 is 17.4 Å². The molecular formula is C25H30N8O. The molecule has 3 N–H and O–H groups in total. The molecule has 1 amide bonds. The van der Waals surface area contributed by atoms with Gasteiger partial charge in [0.25, 0.3) is 0 Å². The predicted octanol–water partition coefficient (Wildman–Crippen LogP) is 1.62. The fourth-order valence-corrected chi connectivity index (χ4v) is 4.28. The summed E-state index contributed by atoms with van der Waals surface area (Å²) in [5.41, 5.74) is 4.20. The second-order valence-corrected chi connectivity index (χ2v) is 8.72. The lowest BCUT2D eigenvalue weighted by molar-refractivity contribution is -0.122. The standard InChI is InChI=1S/C25H30N8O/c34-25-18-33-10-8-32(9-11-33)17-19-2-1-3-22(12-19)31-23-13-20(4-5-27-23)21-14-29-24(30-15-21)16-26-6-7-28-25/h1-5,12-15,26H,6-11,16-18H2,(H,27,31)(H,28,34). The van der Waals surface area contributed by atoms with Crippen molar-refractivity contribution in [2.45, 2.75) is 13.1 Å². The largest absolute Gasteiger partial charge is 0.354 e. The molecule has 5 aliphatic rings. The van der Waals surface area contributed by atoms with E-state index < -0.39 is 0 Å². The Labute approximate surface area is 199 Å². The van der Waals surface area contributed by atoms with E-state index in [1.54, 1.807) is 6.20 Å². The molecule has 34 heavy (non-hydrogen) atoms. The molecule has 0 unspecified atom stereocenters. The summed E-state index contributed by atoms with van der Waals surface area (Å²) in [6.07, 6.45) is 5.46. The number of hydrogen-bond donors (Lipinski definition) is 3. The summed E-state index contributed by atoms with van der Waals surface area (Å²) in [6.45, 7) is 6.84. The first-order valence-corrected chi connectivity index (χ1v) is 11.8. The third-order valence-electron chi connectivity index (χ3n) is 6.14. The minimum absolute atomic E-state index is 0.0726.